The Balaban J connectivity index is 3.11. The average Bonchev–Trinajstić information content (AvgIpc) is 1.87. The van der Waals surface area contributed by atoms with Crippen molar-refractivity contribution in [2.75, 3.05) is 19.8 Å². The number of aliphatic hydroxyl groups is 2. The predicted octanol–water partition coefficient (Wildman–Crippen LogP) is -1.83. The van der Waals surface area contributed by atoms with Crippen molar-refractivity contribution in [3.63, 3.8) is 0 Å². The van der Waals surface area contributed by atoms with Crippen molar-refractivity contribution in [1.29, 1.82) is 0 Å². The lowest BCUT2D eigenvalue weighted by molar-refractivity contribution is -0.124. The number of hydrogen-bond donors (Lipinski definition) is 2. The summed E-state index contributed by atoms with van der Waals surface area (Å²) in [7, 11) is 0. The minimum atomic E-state index is -0.959. The number of rotatable bonds is 5. The number of ether oxygens (including phenoxy) is 1. The third kappa shape index (κ3) is 5.49. The first kappa shape index (κ1) is 9.35. The molecule has 0 aliphatic carbocycles. The average molecular weight is 148 g/mol. The molecule has 1 amide bonds. The quantitative estimate of drug-likeness (QED) is 0.479. The van der Waals surface area contributed by atoms with Gasteiger partial charge in [0.2, 0.25) is 0 Å². The third-order valence-corrected chi connectivity index (χ3v) is 0.754. The van der Waals surface area contributed by atoms with E-state index < -0.39 is 18.6 Å². The molecule has 0 bridgehead atoms. The SMILES string of the molecule is [NH]C(=O)COCC(O)CO. The van der Waals surface area contributed by atoms with Crippen LogP contribution < -0.4 is 5.73 Å². The minimum Gasteiger partial charge on any atom is -0.394 e. The second kappa shape index (κ2) is 5.16. The van der Waals surface area contributed by atoms with E-state index in [1.807, 2.05) is 0 Å². The van der Waals surface area contributed by atoms with Crippen molar-refractivity contribution in [3.8, 4) is 0 Å². The molecule has 0 aromatic heterocycles. The van der Waals surface area contributed by atoms with Gasteiger partial charge in [0.25, 0.3) is 5.91 Å². The second-order valence-electron chi connectivity index (χ2n) is 1.77. The van der Waals surface area contributed by atoms with Gasteiger partial charge in [-0.05, 0) is 0 Å². The Morgan fingerprint density at radius 3 is 2.70 bits per heavy atom. The van der Waals surface area contributed by atoms with Crippen LogP contribution in [0.2, 0.25) is 0 Å². The van der Waals surface area contributed by atoms with Crippen molar-refractivity contribution in [1.82, 2.24) is 5.73 Å². The molecule has 0 aromatic carbocycles. The van der Waals surface area contributed by atoms with Crippen molar-refractivity contribution in [2.45, 2.75) is 6.10 Å². The number of carbonyl (C=O) groups is 1. The fourth-order valence-corrected chi connectivity index (χ4v) is 0.340. The largest absolute Gasteiger partial charge is 0.394 e. The maximum Gasteiger partial charge on any atom is 0.264 e. The first-order valence-electron chi connectivity index (χ1n) is 2.78. The summed E-state index contributed by atoms with van der Waals surface area (Å²) >= 11 is 0. The summed E-state index contributed by atoms with van der Waals surface area (Å²) in [6.45, 7) is -0.843. The summed E-state index contributed by atoms with van der Waals surface area (Å²) in [4.78, 5) is 9.91. The molecule has 0 aromatic rings. The predicted molar refractivity (Wildman–Crippen MR) is 32.0 cm³/mol. The van der Waals surface area contributed by atoms with Crippen LogP contribution in [0.4, 0.5) is 0 Å². The Morgan fingerprint density at radius 2 is 2.30 bits per heavy atom. The third-order valence-electron chi connectivity index (χ3n) is 0.754. The normalized spacial score (nSPS) is 13.0. The van der Waals surface area contributed by atoms with Crippen molar-refractivity contribution in [3.05, 3.63) is 0 Å². The molecule has 5 heteroatoms. The molecule has 1 unspecified atom stereocenters. The van der Waals surface area contributed by atoms with E-state index in [-0.39, 0.29) is 13.2 Å². The van der Waals surface area contributed by atoms with E-state index in [9.17, 15) is 4.79 Å². The highest BCUT2D eigenvalue weighted by molar-refractivity contribution is 5.74. The van der Waals surface area contributed by atoms with Crippen molar-refractivity contribution < 1.29 is 19.7 Å². The Morgan fingerprint density at radius 1 is 1.70 bits per heavy atom. The molecule has 0 aliphatic rings. The van der Waals surface area contributed by atoms with E-state index in [1.54, 1.807) is 0 Å². The molecular weight excluding hydrogens is 138 g/mol. The molecule has 59 valence electrons. The maximum atomic E-state index is 9.91. The summed E-state index contributed by atoms with van der Waals surface area (Å²) < 4.78 is 4.50. The number of amides is 1. The number of hydrogen-bond acceptors (Lipinski definition) is 4. The zero-order valence-electron chi connectivity index (χ0n) is 5.41. The summed E-state index contributed by atoms with van der Waals surface area (Å²) in [5, 5.41) is 16.9. The van der Waals surface area contributed by atoms with Crippen LogP contribution >= 0.6 is 0 Å². The van der Waals surface area contributed by atoms with Gasteiger partial charge in [-0.3, -0.25) is 10.5 Å². The highest BCUT2D eigenvalue weighted by atomic mass is 16.5. The monoisotopic (exact) mass is 148 g/mol. The lowest BCUT2D eigenvalue weighted by Crippen LogP contribution is -2.22. The number of aliphatic hydroxyl groups excluding tert-OH is 2. The fraction of sp³-hybridized carbons (Fsp3) is 0.800. The van der Waals surface area contributed by atoms with Crippen molar-refractivity contribution in [2.24, 2.45) is 0 Å². The molecule has 1 radical (unpaired) electrons. The molecule has 0 aliphatic heterocycles. The molecule has 0 fully saturated rings. The molecule has 0 spiro atoms. The van der Waals surface area contributed by atoms with Crippen LogP contribution in [0, 0.1) is 0 Å². The molecule has 0 saturated carbocycles. The van der Waals surface area contributed by atoms with Crippen molar-refractivity contribution >= 4 is 5.91 Å². The van der Waals surface area contributed by atoms with Crippen LogP contribution in [0.1, 0.15) is 0 Å². The Bertz CT molecular complexity index is 106. The number of carbonyl (C=O) groups excluding carboxylic acids is 1. The number of nitrogens with one attached hydrogen (secondary N) is 1. The van der Waals surface area contributed by atoms with E-state index in [4.69, 9.17) is 15.9 Å². The first-order valence-corrected chi connectivity index (χ1v) is 2.78. The summed E-state index contributed by atoms with van der Waals surface area (Å²) in [5.74, 6) is -0.842. The first-order chi connectivity index (χ1) is 4.66. The van der Waals surface area contributed by atoms with Gasteiger partial charge in [0, 0.05) is 0 Å². The van der Waals surface area contributed by atoms with Gasteiger partial charge >= 0.3 is 0 Å². The molecule has 1 atom stereocenters. The molecule has 5 nitrogen and oxygen atoms in total. The zero-order chi connectivity index (χ0) is 7.98. The summed E-state index contributed by atoms with van der Waals surface area (Å²) in [5.41, 5.74) is 6.37. The standard InChI is InChI=1S/C5H10NO4/c6-5(9)3-10-2-4(8)1-7/h4,6-8H,1-3H2. The molecule has 10 heavy (non-hydrogen) atoms. The highest BCUT2D eigenvalue weighted by Crippen LogP contribution is 1.82. The van der Waals surface area contributed by atoms with Crippen LogP contribution in [0.15, 0.2) is 0 Å². The smallest absolute Gasteiger partial charge is 0.264 e. The van der Waals surface area contributed by atoms with E-state index in [2.05, 4.69) is 4.74 Å². The van der Waals surface area contributed by atoms with Crippen LogP contribution in [-0.2, 0) is 9.53 Å². The maximum absolute atomic E-state index is 9.91. The lowest BCUT2D eigenvalue weighted by atomic mass is 10.4. The van der Waals surface area contributed by atoms with Gasteiger partial charge in [-0.1, -0.05) is 0 Å². The van der Waals surface area contributed by atoms with Gasteiger partial charge in [-0.25, -0.2) is 0 Å². The van der Waals surface area contributed by atoms with Gasteiger partial charge in [0.05, 0.1) is 13.2 Å². The van der Waals surface area contributed by atoms with Crippen LogP contribution in [0.5, 0.6) is 0 Å². The van der Waals surface area contributed by atoms with Crippen LogP contribution in [0.25, 0.3) is 0 Å². The zero-order valence-corrected chi connectivity index (χ0v) is 5.41. The molecule has 0 rings (SSSR count). The Hall–Kier alpha value is -0.650. The van der Waals surface area contributed by atoms with E-state index in [0.717, 1.165) is 0 Å². The summed E-state index contributed by atoms with van der Waals surface area (Å²) in [6.07, 6.45) is -0.959. The Labute approximate surface area is 58.4 Å². The molecule has 3 N–H and O–H groups in total. The van der Waals surface area contributed by atoms with E-state index >= 15 is 0 Å². The van der Waals surface area contributed by atoms with E-state index in [0.29, 0.717) is 0 Å². The topological polar surface area (TPSA) is 90.6 Å². The Kier molecular flexibility index (Phi) is 4.82. The van der Waals surface area contributed by atoms with Gasteiger partial charge in [-0.2, -0.15) is 0 Å². The van der Waals surface area contributed by atoms with Gasteiger partial charge in [0.1, 0.15) is 12.7 Å². The van der Waals surface area contributed by atoms with Gasteiger partial charge in [-0.15, -0.1) is 0 Å². The van der Waals surface area contributed by atoms with Gasteiger partial charge in [0.15, 0.2) is 0 Å². The van der Waals surface area contributed by atoms with Gasteiger partial charge < -0.3 is 14.9 Å². The second-order valence-corrected chi connectivity index (χ2v) is 1.77. The fourth-order valence-electron chi connectivity index (χ4n) is 0.340. The molecule has 0 heterocycles. The minimum absolute atomic E-state index is 0.110. The molecule has 0 saturated heterocycles. The summed E-state index contributed by atoms with van der Waals surface area (Å²) in [6, 6.07) is 0. The van der Waals surface area contributed by atoms with Crippen LogP contribution in [-0.4, -0.2) is 42.0 Å². The molecular formula is C5H10NO4. The lowest BCUT2D eigenvalue weighted by Gasteiger charge is -2.05. The van der Waals surface area contributed by atoms with E-state index in [1.165, 1.54) is 0 Å². The highest BCUT2D eigenvalue weighted by Gasteiger charge is 2.02. The van der Waals surface area contributed by atoms with Crippen LogP contribution in [0.3, 0.4) is 0 Å².